The second-order valence-electron chi connectivity index (χ2n) is 19.9. The van der Waals surface area contributed by atoms with E-state index in [2.05, 4.69) is 67.9 Å². The van der Waals surface area contributed by atoms with Gasteiger partial charge in [-0.15, -0.1) is 0 Å². The number of carbonyl (C=O) groups is 1. The van der Waals surface area contributed by atoms with Crippen molar-refractivity contribution in [3.05, 3.63) is 106 Å². The molecule has 1 amide bonds. The minimum atomic E-state index is -4.67. The molecule has 2 saturated carbocycles. The fraction of sp³-hybridized carbons (Fsp3) is 0.480. The number of anilines is 2. The lowest BCUT2D eigenvalue weighted by Crippen LogP contribution is -2.54. The minimum Gasteiger partial charge on any atom is -0.489 e. The third-order valence-corrected chi connectivity index (χ3v) is 16.7. The quantitative estimate of drug-likeness (QED) is 0.0727. The number of fused-ring (bicyclic) bond motifs is 2. The Morgan fingerprint density at radius 3 is 2.55 bits per heavy atom. The molecule has 5 heterocycles. The van der Waals surface area contributed by atoms with Gasteiger partial charge in [-0.25, -0.2) is 18.1 Å². The number of aliphatic hydroxyl groups is 1. The normalized spacial score (nSPS) is 24.4. The van der Waals surface area contributed by atoms with Gasteiger partial charge >= 0.3 is 0 Å². The molecule has 1 unspecified atom stereocenters. The molecule has 4 fully saturated rings. The van der Waals surface area contributed by atoms with E-state index < -0.39 is 37.0 Å². The van der Waals surface area contributed by atoms with E-state index in [0.717, 1.165) is 49.6 Å². The van der Waals surface area contributed by atoms with E-state index in [1.165, 1.54) is 49.1 Å². The smallest absolute Gasteiger partial charge is 0.297 e. The van der Waals surface area contributed by atoms with E-state index in [4.69, 9.17) is 9.47 Å². The van der Waals surface area contributed by atoms with E-state index in [-0.39, 0.29) is 41.4 Å². The summed E-state index contributed by atoms with van der Waals surface area (Å²) in [5.74, 6) is 0.101. The maximum absolute atomic E-state index is 14.1. The number of piperidine rings is 1. The average molecular weight is 918 g/mol. The third-order valence-electron chi connectivity index (χ3n) is 15.4. The molecule has 5 aliphatic rings. The van der Waals surface area contributed by atoms with E-state index in [1.54, 1.807) is 24.4 Å². The molecule has 3 aromatic carbocycles. The monoisotopic (exact) mass is 917 g/mol. The van der Waals surface area contributed by atoms with Crippen LogP contribution in [0.2, 0.25) is 0 Å². The first-order valence-corrected chi connectivity index (χ1v) is 25.0. The van der Waals surface area contributed by atoms with Gasteiger partial charge < -0.3 is 29.8 Å². The molecule has 3 aliphatic heterocycles. The van der Waals surface area contributed by atoms with Crippen LogP contribution in [0.1, 0.15) is 118 Å². The number of aliphatic hydroxyl groups excluding tert-OH is 1. The molecule has 2 saturated heterocycles. The van der Waals surface area contributed by atoms with E-state index in [0.29, 0.717) is 60.5 Å². The predicted octanol–water partition coefficient (Wildman–Crippen LogP) is 9.21. The molecular weight excluding hydrogens is 859 g/mol. The summed E-state index contributed by atoms with van der Waals surface area (Å²) in [6.45, 7) is 9.44. The molecule has 2 atom stereocenters. The lowest BCUT2D eigenvalue weighted by molar-refractivity contribution is -0.384. The Labute approximate surface area is 385 Å². The van der Waals surface area contributed by atoms with E-state index >= 15 is 0 Å². The number of nitro benzene ring substituents is 1. The van der Waals surface area contributed by atoms with Gasteiger partial charge in [0.05, 0.1) is 33.2 Å². The second-order valence-corrected chi connectivity index (χ2v) is 21.6. The van der Waals surface area contributed by atoms with Crippen LogP contribution in [0.25, 0.3) is 11.0 Å². The fourth-order valence-electron chi connectivity index (χ4n) is 11.6. The number of benzene rings is 3. The molecular formula is C50H59N7O8S. The second kappa shape index (κ2) is 17.2. The van der Waals surface area contributed by atoms with Gasteiger partial charge in [0, 0.05) is 60.6 Å². The van der Waals surface area contributed by atoms with Gasteiger partial charge in [0.25, 0.3) is 21.6 Å². The van der Waals surface area contributed by atoms with Crippen LogP contribution in [0.5, 0.6) is 17.2 Å². The highest BCUT2D eigenvalue weighted by atomic mass is 32.2. The highest BCUT2D eigenvalue weighted by Gasteiger charge is 2.50. The summed E-state index contributed by atoms with van der Waals surface area (Å²) >= 11 is 0. The standard InChI is InChI=1S/C50H59N7O8S/c1-31(2)39-7-4-5-8-40(39)42-9-6-20-56(42)35-27-50(28-35)17-21-55(22-18-50)34-12-15-41(44(24-34)65-37-23-32-16-19-51-47(32)52-29-37)48(59)54-66(62,63)38-25-43(57(60)61)46-45(26-38)64-30-49(3,53-46)33-10-13-36(58)14-11-33/h4-5,7-8,12,15-16,19,23-26,29,31,33,35-36,42,53,58H,6,9-11,13-14,17-18,20-22,27-28,30H2,1-3H3,(H,51,52)(H,54,59)/t33?,36?,42-,49?/m0/s1. The number of pyridine rings is 1. The molecule has 4 N–H and O–H groups in total. The number of H-pyrrole nitrogens is 1. The van der Waals surface area contributed by atoms with Gasteiger partial charge in [0.15, 0.2) is 11.4 Å². The van der Waals surface area contributed by atoms with Crippen LogP contribution in [0.4, 0.5) is 17.1 Å². The van der Waals surface area contributed by atoms with Gasteiger partial charge in [-0.2, -0.15) is 0 Å². The summed E-state index contributed by atoms with van der Waals surface area (Å²) in [5, 5.41) is 26.6. The van der Waals surface area contributed by atoms with Gasteiger partial charge in [0.2, 0.25) is 0 Å². The number of hydrogen-bond acceptors (Lipinski definition) is 12. The molecule has 66 heavy (non-hydrogen) atoms. The lowest BCUT2D eigenvalue weighted by atomic mass is 9.59. The number of carbonyl (C=O) groups excluding carboxylic acids is 1. The SMILES string of the molecule is CC(C)c1ccccc1[C@@H]1CCCN1C1CC2(CCN(c3ccc(C(=O)NS(=O)(=O)c4cc5c(c([N+](=O)[O-])c4)NC(C)(C4CCC(O)CC4)CO5)c(Oc4cnc5[nH]ccc5c4)c3)CC2)C1. The van der Waals surface area contributed by atoms with Crippen molar-refractivity contribution in [2.75, 3.05) is 36.5 Å². The Bertz CT molecular complexity index is 2770. The number of nitro groups is 1. The number of aromatic amines is 1. The zero-order chi connectivity index (χ0) is 46.0. The maximum atomic E-state index is 14.1. The van der Waals surface area contributed by atoms with Crippen molar-refractivity contribution in [3.8, 4) is 17.2 Å². The number of nitrogens with zero attached hydrogens (tertiary/aromatic N) is 4. The largest absolute Gasteiger partial charge is 0.489 e. The summed E-state index contributed by atoms with van der Waals surface area (Å²) in [5.41, 5.74) is 3.64. The summed E-state index contributed by atoms with van der Waals surface area (Å²) in [7, 11) is -4.67. The number of rotatable bonds is 11. The first kappa shape index (κ1) is 44.1. The number of aromatic nitrogens is 2. The Morgan fingerprint density at radius 1 is 1.02 bits per heavy atom. The first-order chi connectivity index (χ1) is 31.7. The zero-order valence-corrected chi connectivity index (χ0v) is 38.6. The molecule has 0 bridgehead atoms. The Kier molecular flexibility index (Phi) is 11.5. The van der Waals surface area contributed by atoms with Crippen molar-refractivity contribution >= 4 is 44.0 Å². The van der Waals surface area contributed by atoms with Crippen LogP contribution in [0.15, 0.2) is 84.0 Å². The molecule has 15 nitrogen and oxygen atoms in total. The number of likely N-dealkylation sites (tertiary alicyclic amines) is 1. The predicted molar refractivity (Wildman–Crippen MR) is 252 cm³/mol. The number of hydrogen-bond donors (Lipinski definition) is 4. The van der Waals surface area contributed by atoms with Crippen LogP contribution >= 0.6 is 0 Å². The van der Waals surface area contributed by atoms with Gasteiger partial charge in [-0.05, 0) is 130 Å². The molecule has 1 spiro atoms. The molecule has 2 aromatic heterocycles. The van der Waals surface area contributed by atoms with E-state index in [9.17, 15) is 28.4 Å². The summed E-state index contributed by atoms with van der Waals surface area (Å²) in [6, 6.07) is 21.0. The van der Waals surface area contributed by atoms with Crippen molar-refractivity contribution in [1.29, 1.82) is 0 Å². The van der Waals surface area contributed by atoms with E-state index in [1.807, 2.05) is 19.1 Å². The average Bonchev–Trinajstić information content (AvgIpc) is 3.98. The molecule has 5 aromatic rings. The summed E-state index contributed by atoms with van der Waals surface area (Å²) in [6.07, 6.45) is 12.5. The molecule has 10 rings (SSSR count). The fourth-order valence-corrected chi connectivity index (χ4v) is 12.6. The Balaban J connectivity index is 0.863. The lowest BCUT2D eigenvalue weighted by Gasteiger charge is -2.56. The number of ether oxygens (including phenoxy) is 2. The van der Waals surface area contributed by atoms with Crippen molar-refractivity contribution in [2.45, 2.75) is 120 Å². The Morgan fingerprint density at radius 2 is 1.79 bits per heavy atom. The number of amides is 1. The Hall–Kier alpha value is -5.71. The van der Waals surface area contributed by atoms with Crippen LogP contribution in [-0.4, -0.2) is 83.1 Å². The number of nitrogens with one attached hydrogen (secondary N) is 3. The minimum absolute atomic E-state index is 0.000228. The summed E-state index contributed by atoms with van der Waals surface area (Å²) in [4.78, 5) is 38.0. The van der Waals surface area contributed by atoms with Crippen molar-refractivity contribution in [3.63, 3.8) is 0 Å². The van der Waals surface area contributed by atoms with Crippen LogP contribution in [0.3, 0.4) is 0 Å². The van der Waals surface area contributed by atoms with Gasteiger partial charge in [-0.3, -0.25) is 19.8 Å². The van der Waals surface area contributed by atoms with Crippen molar-refractivity contribution in [2.24, 2.45) is 11.3 Å². The highest BCUT2D eigenvalue weighted by molar-refractivity contribution is 7.90. The molecule has 348 valence electrons. The zero-order valence-electron chi connectivity index (χ0n) is 37.8. The molecule has 2 aliphatic carbocycles. The van der Waals surface area contributed by atoms with Gasteiger partial charge in [0.1, 0.15) is 23.8 Å². The van der Waals surface area contributed by atoms with Crippen LogP contribution < -0.4 is 24.4 Å². The van der Waals surface area contributed by atoms with Crippen molar-refractivity contribution < 1.29 is 32.7 Å². The summed E-state index contributed by atoms with van der Waals surface area (Å²) < 4.78 is 42.6. The topological polar surface area (TPSA) is 192 Å². The number of sulfonamides is 1. The highest BCUT2D eigenvalue weighted by Crippen LogP contribution is 2.54. The van der Waals surface area contributed by atoms with Crippen LogP contribution in [0, 0.1) is 21.4 Å². The molecule has 16 heteroatoms. The van der Waals surface area contributed by atoms with Crippen LogP contribution in [-0.2, 0) is 10.0 Å². The molecule has 0 radical (unpaired) electrons. The maximum Gasteiger partial charge on any atom is 0.297 e. The third kappa shape index (κ3) is 8.36. The van der Waals surface area contributed by atoms with Gasteiger partial charge in [-0.1, -0.05) is 38.1 Å². The first-order valence-electron chi connectivity index (χ1n) is 23.5. The van der Waals surface area contributed by atoms with Crippen molar-refractivity contribution in [1.82, 2.24) is 19.6 Å².